The largest absolute Gasteiger partial charge is 0.350 e. The minimum absolute atomic E-state index is 0. The fourth-order valence-corrected chi connectivity index (χ4v) is 3.81. The van der Waals surface area contributed by atoms with Crippen LogP contribution in [0.4, 0.5) is 8.78 Å². The number of hydrogen-bond donors (Lipinski definition) is 3. The molecule has 1 aromatic heterocycles. The summed E-state index contributed by atoms with van der Waals surface area (Å²) < 4.78 is 28.3. The van der Waals surface area contributed by atoms with Crippen LogP contribution >= 0.6 is 12.4 Å². The molecule has 1 amide bonds. The third-order valence-corrected chi connectivity index (χ3v) is 5.18. The van der Waals surface area contributed by atoms with Crippen molar-refractivity contribution in [2.75, 3.05) is 13.1 Å². The van der Waals surface area contributed by atoms with E-state index >= 15 is 0 Å². The van der Waals surface area contributed by atoms with Crippen LogP contribution < -0.4 is 16.3 Å². The highest BCUT2D eigenvalue weighted by atomic mass is 35.5. The Morgan fingerprint density at radius 3 is 2.76 bits per heavy atom. The van der Waals surface area contributed by atoms with E-state index in [-0.39, 0.29) is 42.5 Å². The predicted octanol–water partition coefficient (Wildman–Crippen LogP) is 2.29. The second kappa shape index (κ2) is 8.75. The van der Waals surface area contributed by atoms with Crippen LogP contribution in [0.5, 0.6) is 0 Å². The molecule has 2 atom stereocenters. The van der Waals surface area contributed by atoms with Gasteiger partial charge in [0.2, 0.25) is 5.91 Å². The molecule has 0 saturated carbocycles. The van der Waals surface area contributed by atoms with Crippen molar-refractivity contribution >= 4 is 29.3 Å². The van der Waals surface area contributed by atoms with Gasteiger partial charge in [-0.3, -0.25) is 9.36 Å². The van der Waals surface area contributed by atoms with Crippen molar-refractivity contribution in [2.45, 2.75) is 24.9 Å². The summed E-state index contributed by atoms with van der Waals surface area (Å²) >= 11 is 0. The number of imidazole rings is 1. The van der Waals surface area contributed by atoms with E-state index in [9.17, 15) is 18.4 Å². The monoisotopic (exact) mass is 422 g/mol. The van der Waals surface area contributed by atoms with Gasteiger partial charge in [-0.15, -0.1) is 12.4 Å². The third kappa shape index (κ3) is 4.33. The third-order valence-electron chi connectivity index (χ3n) is 5.18. The average Bonchev–Trinajstić information content (AvgIpc) is 3.00. The van der Waals surface area contributed by atoms with Gasteiger partial charge in [0.05, 0.1) is 11.0 Å². The number of H-pyrrole nitrogens is 1. The number of nitrogens with zero attached hydrogens (tertiary/aromatic N) is 1. The number of benzene rings is 2. The number of rotatable bonds is 4. The van der Waals surface area contributed by atoms with E-state index in [0.717, 1.165) is 12.6 Å². The smallest absolute Gasteiger partial charge is 0.326 e. The van der Waals surface area contributed by atoms with Gasteiger partial charge in [-0.05, 0) is 42.8 Å². The van der Waals surface area contributed by atoms with E-state index in [0.29, 0.717) is 29.6 Å². The first-order valence-corrected chi connectivity index (χ1v) is 9.15. The average molecular weight is 423 g/mol. The molecule has 3 aromatic rings. The first-order valence-electron chi connectivity index (χ1n) is 9.15. The lowest BCUT2D eigenvalue weighted by Crippen LogP contribution is -2.51. The van der Waals surface area contributed by atoms with E-state index < -0.39 is 11.6 Å². The molecule has 1 fully saturated rings. The van der Waals surface area contributed by atoms with Crippen LogP contribution in [0, 0.1) is 11.6 Å². The number of piperidine rings is 1. The van der Waals surface area contributed by atoms with Crippen LogP contribution in [-0.2, 0) is 11.3 Å². The quantitative estimate of drug-likeness (QED) is 0.603. The molecule has 1 aliphatic heterocycles. The second-order valence-electron chi connectivity index (χ2n) is 6.98. The number of aromatic nitrogens is 2. The molecule has 0 radical (unpaired) electrons. The van der Waals surface area contributed by atoms with Crippen molar-refractivity contribution in [3.8, 4) is 0 Å². The van der Waals surface area contributed by atoms with Gasteiger partial charge in [0, 0.05) is 18.5 Å². The van der Waals surface area contributed by atoms with Crippen LogP contribution in [0.3, 0.4) is 0 Å². The highest BCUT2D eigenvalue weighted by molar-refractivity contribution is 5.85. The Kier molecular flexibility index (Phi) is 6.34. The van der Waals surface area contributed by atoms with Gasteiger partial charge in [0.25, 0.3) is 0 Å². The lowest BCUT2D eigenvalue weighted by atomic mass is 9.86. The molecule has 0 spiro atoms. The van der Waals surface area contributed by atoms with Crippen LogP contribution in [-0.4, -0.2) is 34.6 Å². The summed E-state index contributed by atoms with van der Waals surface area (Å²) in [6, 6.07) is 10.7. The number of aromatic amines is 1. The van der Waals surface area contributed by atoms with E-state index in [1.807, 2.05) is 6.07 Å². The molecule has 1 saturated heterocycles. The molecular formula is C20H21ClF2N4O2. The number of hydrogen-bond acceptors (Lipinski definition) is 3. The van der Waals surface area contributed by atoms with Gasteiger partial charge in [-0.1, -0.05) is 18.2 Å². The van der Waals surface area contributed by atoms with Crippen LogP contribution in [0.25, 0.3) is 11.0 Å². The van der Waals surface area contributed by atoms with Crippen molar-refractivity contribution in [1.29, 1.82) is 0 Å². The maximum absolute atomic E-state index is 13.6. The zero-order valence-corrected chi connectivity index (χ0v) is 16.3. The Bertz CT molecular complexity index is 1080. The van der Waals surface area contributed by atoms with Crippen LogP contribution in [0.1, 0.15) is 17.9 Å². The number of nitrogens with one attached hydrogen (secondary N) is 3. The normalized spacial score (nSPS) is 19.0. The van der Waals surface area contributed by atoms with Gasteiger partial charge in [0.1, 0.15) is 6.54 Å². The molecule has 4 rings (SSSR count). The topological polar surface area (TPSA) is 78.9 Å². The summed E-state index contributed by atoms with van der Waals surface area (Å²) in [6.45, 7) is 1.11. The molecule has 154 valence electrons. The zero-order valence-electron chi connectivity index (χ0n) is 15.5. The number of para-hydroxylation sites is 2. The number of carbonyl (C=O) groups is 1. The van der Waals surface area contributed by atoms with Gasteiger partial charge in [0.15, 0.2) is 11.6 Å². The van der Waals surface area contributed by atoms with Gasteiger partial charge >= 0.3 is 5.69 Å². The first kappa shape index (κ1) is 21.0. The lowest BCUT2D eigenvalue weighted by molar-refractivity contribution is -0.122. The maximum atomic E-state index is 13.6. The summed E-state index contributed by atoms with van der Waals surface area (Å²) in [5.41, 5.74) is 1.62. The van der Waals surface area contributed by atoms with Crippen molar-refractivity contribution in [3.63, 3.8) is 0 Å². The molecule has 29 heavy (non-hydrogen) atoms. The standard InChI is InChI=1S/C20H20F2N4O2.ClH/c21-14-6-5-12(9-15(14)22)13-7-8-23-10-17(13)24-19(27)11-26-18-4-2-1-3-16(18)25-20(26)28;/h1-6,9,13,17,23H,7-8,10-11H2,(H,24,27)(H,25,28);1H. The van der Waals surface area contributed by atoms with E-state index in [1.54, 1.807) is 24.3 Å². The molecule has 0 bridgehead atoms. The van der Waals surface area contributed by atoms with Crippen LogP contribution in [0.15, 0.2) is 47.3 Å². The SMILES string of the molecule is Cl.O=C(Cn1c(=O)[nH]c2ccccc21)NC1CNCCC1c1ccc(F)c(F)c1. The highest BCUT2D eigenvalue weighted by Crippen LogP contribution is 2.27. The minimum atomic E-state index is -0.897. The Morgan fingerprint density at radius 2 is 1.97 bits per heavy atom. The molecule has 9 heteroatoms. The maximum Gasteiger partial charge on any atom is 0.326 e. The number of fused-ring (bicyclic) bond motifs is 1. The number of carbonyl (C=O) groups excluding carboxylic acids is 1. The minimum Gasteiger partial charge on any atom is -0.350 e. The number of amides is 1. The molecule has 3 N–H and O–H groups in total. The van der Waals surface area contributed by atoms with Crippen LogP contribution in [0.2, 0.25) is 0 Å². The molecule has 0 aliphatic carbocycles. The fraction of sp³-hybridized carbons (Fsp3) is 0.300. The van der Waals surface area contributed by atoms with E-state index in [1.165, 1.54) is 10.6 Å². The van der Waals surface area contributed by atoms with Gasteiger partial charge in [-0.25, -0.2) is 13.6 Å². The van der Waals surface area contributed by atoms with Gasteiger partial charge < -0.3 is 15.6 Å². The Labute approximate surface area is 171 Å². The summed E-state index contributed by atoms with van der Waals surface area (Å²) in [4.78, 5) is 27.5. The molecule has 1 aliphatic rings. The fourth-order valence-electron chi connectivity index (χ4n) is 3.81. The molecule has 6 nitrogen and oxygen atoms in total. The molecule has 2 heterocycles. The van der Waals surface area contributed by atoms with E-state index in [2.05, 4.69) is 15.6 Å². The summed E-state index contributed by atoms with van der Waals surface area (Å²) in [5, 5.41) is 6.15. The van der Waals surface area contributed by atoms with E-state index in [4.69, 9.17) is 0 Å². The Hall–Kier alpha value is -2.71. The summed E-state index contributed by atoms with van der Waals surface area (Å²) in [6.07, 6.45) is 0.684. The van der Waals surface area contributed by atoms with Crippen molar-refractivity contribution in [2.24, 2.45) is 0 Å². The Balaban J connectivity index is 0.00000240. The van der Waals surface area contributed by atoms with Crippen molar-refractivity contribution < 1.29 is 13.6 Å². The zero-order chi connectivity index (χ0) is 19.7. The van der Waals surface area contributed by atoms with Crippen molar-refractivity contribution in [3.05, 3.63) is 70.1 Å². The first-order chi connectivity index (χ1) is 13.5. The number of halogens is 3. The molecular weight excluding hydrogens is 402 g/mol. The highest BCUT2D eigenvalue weighted by Gasteiger charge is 2.28. The second-order valence-corrected chi connectivity index (χ2v) is 6.98. The predicted molar refractivity (Wildman–Crippen MR) is 108 cm³/mol. The lowest BCUT2D eigenvalue weighted by Gasteiger charge is -2.33. The van der Waals surface area contributed by atoms with Gasteiger partial charge in [-0.2, -0.15) is 0 Å². The Morgan fingerprint density at radius 1 is 1.17 bits per heavy atom. The van der Waals surface area contributed by atoms with Crippen molar-refractivity contribution in [1.82, 2.24) is 20.2 Å². The molecule has 2 aromatic carbocycles. The summed E-state index contributed by atoms with van der Waals surface area (Å²) in [7, 11) is 0. The summed E-state index contributed by atoms with van der Waals surface area (Å²) in [5.74, 6) is -2.24. The molecule has 2 unspecified atom stereocenters.